The number of carbonyl (C=O) groups excluding carboxylic acids is 1. The number of para-hydroxylation sites is 1. The van der Waals surface area contributed by atoms with Crippen molar-refractivity contribution in [3.05, 3.63) is 65.7 Å². The number of β-lactam (4-membered cyclic amide) rings is 1. The van der Waals surface area contributed by atoms with Crippen molar-refractivity contribution in [1.82, 2.24) is 0 Å². The van der Waals surface area contributed by atoms with Crippen LogP contribution in [0, 0.1) is 0 Å². The van der Waals surface area contributed by atoms with Gasteiger partial charge in [-0.05, 0) is 29.8 Å². The fourth-order valence-electron chi connectivity index (χ4n) is 2.49. The number of benzene rings is 2. The summed E-state index contributed by atoms with van der Waals surface area (Å²) in [5.41, 5.74) is 0.799. The molecule has 2 aromatic carbocycles. The van der Waals surface area contributed by atoms with Gasteiger partial charge in [-0.25, -0.2) is 0 Å². The van der Waals surface area contributed by atoms with Gasteiger partial charge in [0.15, 0.2) is 0 Å². The summed E-state index contributed by atoms with van der Waals surface area (Å²) in [4.78, 5) is 13.4. The van der Waals surface area contributed by atoms with Crippen LogP contribution in [0.4, 0.5) is 18.9 Å². The standard InChI is InChI=1S/C16H12F3NO/c17-16(18,19)12-8-6-11(7-9-12)14-10-15(21)20(14)13-4-2-1-3-5-13/h1-9,14H,10H2. The lowest BCUT2D eigenvalue weighted by molar-refractivity contribution is -0.137. The minimum absolute atomic E-state index is 0.0221. The van der Waals surface area contributed by atoms with Gasteiger partial charge in [0.25, 0.3) is 0 Å². The van der Waals surface area contributed by atoms with E-state index in [0.29, 0.717) is 12.0 Å². The predicted octanol–water partition coefficient (Wildman–Crippen LogP) is 4.18. The molecule has 0 aliphatic carbocycles. The molecule has 21 heavy (non-hydrogen) atoms. The molecule has 1 aliphatic rings. The number of anilines is 1. The number of alkyl halides is 3. The second-order valence-electron chi connectivity index (χ2n) is 4.94. The predicted molar refractivity (Wildman–Crippen MR) is 72.7 cm³/mol. The molecule has 2 nitrogen and oxygen atoms in total. The summed E-state index contributed by atoms with van der Waals surface area (Å²) in [5.74, 6) is -0.0221. The van der Waals surface area contributed by atoms with E-state index in [0.717, 1.165) is 17.8 Å². The van der Waals surface area contributed by atoms with Gasteiger partial charge in [0.1, 0.15) is 0 Å². The number of carbonyl (C=O) groups is 1. The molecule has 1 amide bonds. The molecule has 3 rings (SSSR count). The van der Waals surface area contributed by atoms with Crippen LogP contribution in [0.1, 0.15) is 23.6 Å². The second-order valence-corrected chi connectivity index (χ2v) is 4.94. The van der Waals surface area contributed by atoms with Crippen molar-refractivity contribution in [3.63, 3.8) is 0 Å². The molecule has 0 bridgehead atoms. The van der Waals surface area contributed by atoms with E-state index in [2.05, 4.69) is 0 Å². The first-order valence-electron chi connectivity index (χ1n) is 6.51. The van der Waals surface area contributed by atoms with Gasteiger partial charge in [-0.3, -0.25) is 4.79 Å². The number of hydrogen-bond donors (Lipinski definition) is 0. The number of halogens is 3. The summed E-state index contributed by atoms with van der Waals surface area (Å²) in [6, 6.07) is 13.9. The summed E-state index contributed by atoms with van der Waals surface area (Å²) in [7, 11) is 0. The van der Waals surface area contributed by atoms with Gasteiger partial charge in [0.05, 0.1) is 18.0 Å². The Kier molecular flexibility index (Phi) is 3.20. The lowest BCUT2D eigenvalue weighted by atomic mass is 9.92. The van der Waals surface area contributed by atoms with Crippen molar-refractivity contribution in [1.29, 1.82) is 0 Å². The zero-order chi connectivity index (χ0) is 15.0. The van der Waals surface area contributed by atoms with Gasteiger partial charge in [-0.15, -0.1) is 0 Å². The third kappa shape index (κ3) is 2.51. The molecule has 1 unspecified atom stereocenters. The Morgan fingerprint density at radius 1 is 0.952 bits per heavy atom. The van der Waals surface area contributed by atoms with Crippen molar-refractivity contribution < 1.29 is 18.0 Å². The van der Waals surface area contributed by atoms with Gasteiger partial charge in [-0.2, -0.15) is 13.2 Å². The fourth-order valence-corrected chi connectivity index (χ4v) is 2.49. The highest BCUT2D eigenvalue weighted by atomic mass is 19.4. The van der Waals surface area contributed by atoms with Crippen molar-refractivity contribution >= 4 is 11.6 Å². The van der Waals surface area contributed by atoms with Crippen LogP contribution in [-0.4, -0.2) is 5.91 Å². The average Bonchev–Trinajstić information content (AvgIpc) is 2.45. The van der Waals surface area contributed by atoms with Crippen LogP contribution >= 0.6 is 0 Å². The normalized spacial score (nSPS) is 18.5. The van der Waals surface area contributed by atoms with Crippen molar-refractivity contribution in [2.45, 2.75) is 18.6 Å². The molecule has 1 heterocycles. The molecule has 1 aliphatic heterocycles. The van der Waals surface area contributed by atoms with Crippen LogP contribution in [0.5, 0.6) is 0 Å². The maximum absolute atomic E-state index is 12.6. The van der Waals surface area contributed by atoms with Crippen LogP contribution < -0.4 is 4.90 Å². The third-order valence-electron chi connectivity index (χ3n) is 3.61. The monoisotopic (exact) mass is 291 g/mol. The smallest absolute Gasteiger partial charge is 0.304 e. The van der Waals surface area contributed by atoms with Crippen molar-refractivity contribution in [3.8, 4) is 0 Å². The maximum atomic E-state index is 12.6. The van der Waals surface area contributed by atoms with E-state index in [4.69, 9.17) is 0 Å². The summed E-state index contributed by atoms with van der Waals surface area (Å²) < 4.78 is 37.7. The average molecular weight is 291 g/mol. The van der Waals surface area contributed by atoms with E-state index in [1.165, 1.54) is 12.1 Å². The van der Waals surface area contributed by atoms with Crippen molar-refractivity contribution in [2.75, 3.05) is 4.90 Å². The first-order valence-corrected chi connectivity index (χ1v) is 6.51. The third-order valence-corrected chi connectivity index (χ3v) is 3.61. The molecule has 2 aromatic rings. The van der Waals surface area contributed by atoms with E-state index in [1.54, 1.807) is 4.90 Å². The highest BCUT2D eigenvalue weighted by Crippen LogP contribution is 2.39. The summed E-state index contributed by atoms with van der Waals surface area (Å²) in [6.45, 7) is 0. The Morgan fingerprint density at radius 3 is 2.10 bits per heavy atom. The number of nitrogens with zero attached hydrogens (tertiary/aromatic N) is 1. The van der Waals surface area contributed by atoms with E-state index in [-0.39, 0.29) is 11.9 Å². The van der Waals surface area contributed by atoms with Crippen LogP contribution in [0.3, 0.4) is 0 Å². The molecule has 1 atom stereocenters. The van der Waals surface area contributed by atoms with Gasteiger partial charge in [-0.1, -0.05) is 30.3 Å². The van der Waals surface area contributed by atoms with Gasteiger partial charge < -0.3 is 4.90 Å². The van der Waals surface area contributed by atoms with Crippen LogP contribution in [0.15, 0.2) is 54.6 Å². The molecule has 108 valence electrons. The van der Waals surface area contributed by atoms with Crippen LogP contribution in [-0.2, 0) is 11.0 Å². The van der Waals surface area contributed by atoms with E-state index < -0.39 is 11.7 Å². The van der Waals surface area contributed by atoms with Crippen LogP contribution in [0.25, 0.3) is 0 Å². The molecular weight excluding hydrogens is 279 g/mol. The number of amides is 1. The number of hydrogen-bond acceptors (Lipinski definition) is 1. The summed E-state index contributed by atoms with van der Waals surface area (Å²) in [5, 5.41) is 0. The lowest BCUT2D eigenvalue weighted by Crippen LogP contribution is -2.46. The first-order chi connectivity index (χ1) is 9.97. The Hall–Kier alpha value is -2.30. The Balaban J connectivity index is 1.86. The lowest BCUT2D eigenvalue weighted by Gasteiger charge is -2.40. The molecule has 1 saturated heterocycles. The first kappa shape index (κ1) is 13.7. The quantitative estimate of drug-likeness (QED) is 0.760. The maximum Gasteiger partial charge on any atom is 0.416 e. The van der Waals surface area contributed by atoms with Gasteiger partial charge in [0, 0.05) is 5.69 Å². The molecule has 1 fully saturated rings. The molecule has 0 spiro atoms. The molecular formula is C16H12F3NO. The van der Waals surface area contributed by atoms with Gasteiger partial charge >= 0.3 is 6.18 Å². The Bertz CT molecular complexity index is 649. The largest absolute Gasteiger partial charge is 0.416 e. The second kappa shape index (κ2) is 4.91. The van der Waals surface area contributed by atoms with E-state index in [1.807, 2.05) is 30.3 Å². The van der Waals surface area contributed by atoms with Gasteiger partial charge in [0.2, 0.25) is 5.91 Å². The van der Waals surface area contributed by atoms with E-state index in [9.17, 15) is 18.0 Å². The number of rotatable bonds is 2. The zero-order valence-corrected chi connectivity index (χ0v) is 11.0. The molecule has 0 aromatic heterocycles. The molecule has 0 N–H and O–H groups in total. The minimum atomic E-state index is -4.34. The molecule has 0 saturated carbocycles. The fraction of sp³-hybridized carbons (Fsp3) is 0.188. The van der Waals surface area contributed by atoms with Crippen molar-refractivity contribution in [2.24, 2.45) is 0 Å². The summed E-state index contributed by atoms with van der Waals surface area (Å²) >= 11 is 0. The Morgan fingerprint density at radius 2 is 1.57 bits per heavy atom. The summed E-state index contributed by atoms with van der Waals surface area (Å²) in [6.07, 6.45) is -4.02. The highest BCUT2D eigenvalue weighted by Gasteiger charge is 2.38. The SMILES string of the molecule is O=C1CC(c2ccc(C(F)(F)F)cc2)N1c1ccccc1. The van der Waals surface area contributed by atoms with E-state index >= 15 is 0 Å². The molecule has 5 heteroatoms. The Labute approximate surface area is 119 Å². The zero-order valence-electron chi connectivity index (χ0n) is 11.0. The topological polar surface area (TPSA) is 20.3 Å². The van der Waals surface area contributed by atoms with Crippen LogP contribution in [0.2, 0.25) is 0 Å². The minimum Gasteiger partial charge on any atom is -0.304 e. The molecule has 0 radical (unpaired) electrons. The highest BCUT2D eigenvalue weighted by molar-refractivity contribution is 6.01.